The Balaban J connectivity index is 1.55. The minimum Gasteiger partial charge on any atom is -0.496 e. The van der Waals surface area contributed by atoms with Crippen LogP contribution in [0.2, 0.25) is 0 Å². The minimum absolute atomic E-state index is 0.241. The molecule has 1 heterocycles. The zero-order valence-corrected chi connectivity index (χ0v) is 16.3. The van der Waals surface area contributed by atoms with Crippen molar-refractivity contribution >= 4 is 23.5 Å². The number of nitrogens with two attached hydrogens (primary N) is 1. The molecule has 2 aromatic carbocycles. The molecule has 134 valence electrons. The predicted molar refractivity (Wildman–Crippen MR) is 107 cm³/mol. The average Bonchev–Trinajstić information content (AvgIpc) is 2.79. The van der Waals surface area contributed by atoms with Crippen molar-refractivity contribution in [1.29, 1.82) is 0 Å². The fourth-order valence-corrected chi connectivity index (χ4v) is 5.18. The third kappa shape index (κ3) is 4.87. The smallest absolute Gasteiger partial charge is 0.151 e. The molecular formula is C20H25NO2S2. The van der Waals surface area contributed by atoms with Gasteiger partial charge in [-0.3, -0.25) is 5.73 Å². The maximum atomic E-state index is 6.33. The molecule has 2 aromatic rings. The SMILES string of the molecule is COc1ccccc1SC[C@H](C)C[C@H]1CSc2ccccc2OC1N. The number of benzene rings is 2. The molecule has 0 saturated carbocycles. The summed E-state index contributed by atoms with van der Waals surface area (Å²) in [6.07, 6.45) is 0.819. The number of ether oxygens (including phenoxy) is 2. The van der Waals surface area contributed by atoms with Crippen LogP contribution in [-0.4, -0.2) is 24.8 Å². The topological polar surface area (TPSA) is 44.5 Å². The lowest BCUT2D eigenvalue weighted by Crippen LogP contribution is -2.37. The van der Waals surface area contributed by atoms with Gasteiger partial charge in [0.1, 0.15) is 11.5 Å². The molecule has 25 heavy (non-hydrogen) atoms. The van der Waals surface area contributed by atoms with Crippen molar-refractivity contribution in [2.75, 3.05) is 18.6 Å². The summed E-state index contributed by atoms with van der Waals surface area (Å²) in [5.41, 5.74) is 6.33. The van der Waals surface area contributed by atoms with Crippen LogP contribution in [0.15, 0.2) is 58.3 Å². The highest BCUT2D eigenvalue weighted by Gasteiger charge is 2.26. The maximum absolute atomic E-state index is 6.33. The van der Waals surface area contributed by atoms with Crippen molar-refractivity contribution in [3.63, 3.8) is 0 Å². The number of hydrogen-bond donors (Lipinski definition) is 1. The molecule has 3 nitrogen and oxygen atoms in total. The lowest BCUT2D eigenvalue weighted by molar-refractivity contribution is 0.138. The Morgan fingerprint density at radius 3 is 2.84 bits per heavy atom. The van der Waals surface area contributed by atoms with Crippen molar-refractivity contribution in [1.82, 2.24) is 0 Å². The van der Waals surface area contributed by atoms with Crippen molar-refractivity contribution in [3.05, 3.63) is 48.5 Å². The van der Waals surface area contributed by atoms with Gasteiger partial charge in [0.25, 0.3) is 0 Å². The molecule has 0 aliphatic carbocycles. The van der Waals surface area contributed by atoms with E-state index in [4.69, 9.17) is 15.2 Å². The Bertz CT molecular complexity index is 695. The first-order valence-electron chi connectivity index (χ1n) is 8.57. The molecule has 1 aliphatic rings. The van der Waals surface area contributed by atoms with E-state index in [-0.39, 0.29) is 6.23 Å². The third-order valence-electron chi connectivity index (χ3n) is 4.33. The van der Waals surface area contributed by atoms with Gasteiger partial charge in [0, 0.05) is 27.2 Å². The van der Waals surface area contributed by atoms with Crippen LogP contribution in [0.25, 0.3) is 0 Å². The lowest BCUT2D eigenvalue weighted by atomic mass is 9.97. The standard InChI is InChI=1S/C20H25NO2S2/c1-14(12-24-18-9-5-3-7-16(18)22-2)11-15-13-25-19-10-6-4-8-17(19)23-20(15)21/h3-10,14-15,20H,11-13,21H2,1-2H3/t14-,15+,20?/m1/s1. The van der Waals surface area contributed by atoms with Crippen LogP contribution in [0.4, 0.5) is 0 Å². The monoisotopic (exact) mass is 375 g/mol. The molecular weight excluding hydrogens is 350 g/mol. The molecule has 0 spiro atoms. The fourth-order valence-electron chi connectivity index (χ4n) is 2.96. The Morgan fingerprint density at radius 2 is 2.00 bits per heavy atom. The minimum atomic E-state index is -0.241. The Morgan fingerprint density at radius 1 is 1.24 bits per heavy atom. The summed E-state index contributed by atoms with van der Waals surface area (Å²) in [7, 11) is 1.72. The van der Waals surface area contributed by atoms with E-state index in [0.717, 1.165) is 29.4 Å². The summed E-state index contributed by atoms with van der Waals surface area (Å²) in [6.45, 7) is 2.29. The average molecular weight is 376 g/mol. The van der Waals surface area contributed by atoms with Crippen LogP contribution in [-0.2, 0) is 0 Å². The molecule has 1 unspecified atom stereocenters. The quantitative estimate of drug-likeness (QED) is 0.728. The van der Waals surface area contributed by atoms with E-state index in [1.54, 1.807) is 7.11 Å². The van der Waals surface area contributed by atoms with Crippen LogP contribution in [0.3, 0.4) is 0 Å². The van der Waals surface area contributed by atoms with Gasteiger partial charge in [-0.25, -0.2) is 0 Å². The molecule has 0 radical (unpaired) electrons. The Labute approximate surface area is 158 Å². The third-order valence-corrected chi connectivity index (χ3v) is 6.95. The molecule has 0 fully saturated rings. The first-order chi connectivity index (χ1) is 12.2. The number of rotatable bonds is 6. The summed E-state index contributed by atoms with van der Waals surface area (Å²) in [5.74, 6) is 4.81. The van der Waals surface area contributed by atoms with Gasteiger partial charge in [0.2, 0.25) is 0 Å². The highest BCUT2D eigenvalue weighted by Crippen LogP contribution is 2.37. The molecule has 0 aromatic heterocycles. The second-order valence-electron chi connectivity index (χ2n) is 6.40. The van der Waals surface area contributed by atoms with E-state index in [1.165, 1.54) is 9.79 Å². The van der Waals surface area contributed by atoms with Crippen molar-refractivity contribution in [2.24, 2.45) is 17.6 Å². The molecule has 3 rings (SSSR count). The number of thioether (sulfide) groups is 2. The molecule has 0 amide bonds. The van der Waals surface area contributed by atoms with Gasteiger partial charge in [-0.15, -0.1) is 23.5 Å². The van der Waals surface area contributed by atoms with Crippen molar-refractivity contribution < 1.29 is 9.47 Å². The van der Waals surface area contributed by atoms with Crippen molar-refractivity contribution in [3.8, 4) is 11.5 Å². The van der Waals surface area contributed by atoms with E-state index in [1.807, 2.05) is 53.9 Å². The van der Waals surface area contributed by atoms with E-state index >= 15 is 0 Å². The fraction of sp³-hybridized carbons (Fsp3) is 0.400. The number of fused-ring (bicyclic) bond motifs is 1. The van der Waals surface area contributed by atoms with Crippen LogP contribution >= 0.6 is 23.5 Å². The normalized spacial score (nSPS) is 20.9. The maximum Gasteiger partial charge on any atom is 0.151 e. The van der Waals surface area contributed by atoms with Crippen molar-refractivity contribution in [2.45, 2.75) is 29.4 Å². The van der Waals surface area contributed by atoms with Gasteiger partial charge in [0.05, 0.1) is 7.11 Å². The Hall–Kier alpha value is -1.30. The second kappa shape index (κ2) is 8.88. The summed E-state index contributed by atoms with van der Waals surface area (Å²) in [6, 6.07) is 16.3. The molecule has 5 heteroatoms. The largest absolute Gasteiger partial charge is 0.496 e. The zero-order valence-electron chi connectivity index (χ0n) is 14.7. The van der Waals surface area contributed by atoms with Crippen LogP contribution in [0, 0.1) is 11.8 Å². The second-order valence-corrected chi connectivity index (χ2v) is 8.53. The van der Waals surface area contributed by atoms with Gasteiger partial charge >= 0.3 is 0 Å². The van der Waals surface area contributed by atoms with Crippen LogP contribution in [0.1, 0.15) is 13.3 Å². The van der Waals surface area contributed by atoms with Gasteiger partial charge in [-0.1, -0.05) is 31.2 Å². The van der Waals surface area contributed by atoms with E-state index in [9.17, 15) is 0 Å². The van der Waals surface area contributed by atoms with E-state index in [0.29, 0.717) is 11.8 Å². The van der Waals surface area contributed by atoms with Crippen LogP contribution < -0.4 is 15.2 Å². The lowest BCUT2D eigenvalue weighted by Gasteiger charge is -2.24. The summed E-state index contributed by atoms with van der Waals surface area (Å²) < 4.78 is 11.4. The summed E-state index contributed by atoms with van der Waals surface area (Å²) in [5, 5.41) is 0. The first kappa shape index (κ1) is 18.5. The van der Waals surface area contributed by atoms with Gasteiger partial charge in [0.15, 0.2) is 6.23 Å². The highest BCUT2D eigenvalue weighted by molar-refractivity contribution is 7.99. The van der Waals surface area contributed by atoms with E-state index < -0.39 is 0 Å². The van der Waals surface area contributed by atoms with Gasteiger partial charge in [-0.05, 0) is 36.6 Å². The molecule has 0 bridgehead atoms. The van der Waals surface area contributed by atoms with Gasteiger partial charge < -0.3 is 9.47 Å². The van der Waals surface area contributed by atoms with Crippen LogP contribution in [0.5, 0.6) is 11.5 Å². The molecule has 0 saturated heterocycles. The number of hydrogen-bond acceptors (Lipinski definition) is 5. The molecule has 1 aliphatic heterocycles. The summed E-state index contributed by atoms with van der Waals surface area (Å²) in [4.78, 5) is 2.39. The molecule has 3 atom stereocenters. The number of methoxy groups -OCH3 is 1. The predicted octanol–water partition coefficient (Wildman–Crippen LogP) is 4.90. The highest BCUT2D eigenvalue weighted by atomic mass is 32.2. The zero-order chi connectivity index (χ0) is 17.6. The summed E-state index contributed by atoms with van der Waals surface area (Å²) >= 11 is 3.70. The van der Waals surface area contributed by atoms with E-state index in [2.05, 4.69) is 25.1 Å². The number of para-hydroxylation sites is 2. The molecule has 2 N–H and O–H groups in total. The Kier molecular flexibility index (Phi) is 6.57. The first-order valence-corrected chi connectivity index (χ1v) is 10.5. The van der Waals surface area contributed by atoms with Gasteiger partial charge in [-0.2, -0.15) is 0 Å².